The Balaban J connectivity index is 0.000000798. The van der Waals surface area contributed by atoms with Gasteiger partial charge in [0.15, 0.2) is 0 Å². The first-order valence-electron chi connectivity index (χ1n) is 22.4. The van der Waals surface area contributed by atoms with Crippen LogP contribution in [-0.2, 0) is 33.4 Å². The summed E-state index contributed by atoms with van der Waals surface area (Å²) in [5.41, 5.74) is -2.43. The van der Waals surface area contributed by atoms with Crippen LogP contribution in [-0.4, -0.2) is 56.5 Å². The fraction of sp³-hybridized carbons (Fsp3) is 0.923. The molecule has 360 valence electrons. The molecule has 11 aliphatic rings. The highest BCUT2D eigenvalue weighted by atomic mass is 16.6. The van der Waals surface area contributed by atoms with Crippen LogP contribution in [0.5, 0.6) is 0 Å². The van der Waals surface area contributed by atoms with Crippen LogP contribution in [0.1, 0.15) is 210 Å². The molecule has 0 aromatic carbocycles. The second-order valence-electron chi connectivity index (χ2n) is 21.0. The van der Waals surface area contributed by atoms with Crippen LogP contribution in [0.2, 0.25) is 0 Å². The Hall–Kier alpha value is -2.00. The maximum atomic E-state index is 12.1. The summed E-state index contributed by atoms with van der Waals surface area (Å²) >= 11 is 0. The molecule has 0 amide bonds. The van der Waals surface area contributed by atoms with Crippen LogP contribution in [0, 0.1) is 76.9 Å². The van der Waals surface area contributed by atoms with Crippen molar-refractivity contribution in [3.63, 3.8) is 0 Å². The molecule has 0 spiro atoms. The van der Waals surface area contributed by atoms with E-state index in [2.05, 4.69) is 32.4 Å². The number of esters is 4. The van der Waals surface area contributed by atoms with Crippen molar-refractivity contribution < 1.29 is 43.6 Å². The minimum atomic E-state index is -0.829. The Kier molecular flexibility index (Phi) is 21.5. The van der Waals surface area contributed by atoms with Gasteiger partial charge in [0.2, 0.25) is 0 Å². The molecule has 1 aliphatic heterocycles. The monoisotopic (exact) mass is 867 g/mol. The molecule has 2 N–H and O–H groups in total. The van der Waals surface area contributed by atoms with Gasteiger partial charge in [-0.2, -0.15) is 0 Å². The first-order chi connectivity index (χ1) is 25.7. The zero-order valence-corrected chi connectivity index (χ0v) is 35.6. The molecule has 9 nitrogen and oxygen atoms in total. The molecule has 11 fully saturated rings. The quantitative estimate of drug-likeness (QED) is 0.152. The molecule has 10 saturated carbocycles. The first kappa shape index (κ1) is 59.0. The van der Waals surface area contributed by atoms with Gasteiger partial charge in [0.25, 0.3) is 0 Å². The SMILES string of the molecule is C.C.C.C.C.C.CC1C(=O)OC(=O)C1C.CC1C2CCC(C2)C1C.CCC(C)C(=O)OC1(C)C2CC3CC(C2)CC1C3.CCC(C)C(=O)OC12CC3CC(O)(CC(O)(C3)C1)C2. The molecule has 0 aromatic rings. The van der Waals surface area contributed by atoms with Crippen LogP contribution < -0.4 is 0 Å². The lowest BCUT2D eigenvalue weighted by Crippen LogP contribution is -2.67. The molecule has 1 heterocycles. The van der Waals surface area contributed by atoms with Crippen LogP contribution in [0.25, 0.3) is 0 Å². The zero-order chi connectivity index (χ0) is 40.2. The second kappa shape index (κ2) is 22.3. The van der Waals surface area contributed by atoms with Crippen molar-refractivity contribution in [3.8, 4) is 0 Å². The van der Waals surface area contributed by atoms with E-state index >= 15 is 0 Å². The third-order valence-corrected chi connectivity index (χ3v) is 16.9. The molecular formula is C52H98O9. The Morgan fingerprint density at radius 3 is 1.33 bits per heavy atom. The van der Waals surface area contributed by atoms with Gasteiger partial charge in [-0.1, -0.05) is 99.9 Å². The van der Waals surface area contributed by atoms with Crippen molar-refractivity contribution in [1.29, 1.82) is 0 Å². The molecular weight excluding hydrogens is 769 g/mol. The Morgan fingerprint density at radius 2 is 1.02 bits per heavy atom. The molecule has 10 aliphatic carbocycles. The number of rotatable bonds is 6. The van der Waals surface area contributed by atoms with Crippen LogP contribution >= 0.6 is 0 Å². The van der Waals surface area contributed by atoms with Crippen LogP contribution in [0.3, 0.4) is 0 Å². The summed E-state index contributed by atoms with van der Waals surface area (Å²) in [6.07, 6.45) is 16.7. The van der Waals surface area contributed by atoms with Gasteiger partial charge in [-0.05, 0) is 144 Å². The summed E-state index contributed by atoms with van der Waals surface area (Å²) in [4.78, 5) is 45.3. The lowest BCUT2D eigenvalue weighted by molar-refractivity contribution is -0.262. The van der Waals surface area contributed by atoms with E-state index in [1.807, 2.05) is 20.8 Å². The van der Waals surface area contributed by atoms with Gasteiger partial charge in [-0.25, -0.2) is 0 Å². The third kappa shape index (κ3) is 12.2. The van der Waals surface area contributed by atoms with Crippen molar-refractivity contribution in [2.24, 2.45) is 76.9 Å². The standard InChI is InChI=1S/C16H26O2.C15H24O4.C9H16.C6H8O3.6CH4/c1-4-10(2)15(17)18-16(3)13-6-11-5-12(8-13)9-14(16)7-11;1-3-10(2)12(16)19-15-6-11-4-13(17,8-15)7-14(18,5-11)9-15;1-6-7(2)9-4-3-8(6)5-9;1-3-4(2)6(8)9-5(3)7;;;;;;/h10-14H,4-9H2,1-3H3;10-11,17-18H,3-9H2,1-2H3;6-9H,3-5H2,1-2H3;3-4H,1-2H3;6*1H4. The molecule has 10 unspecified atom stereocenters. The number of hydrogen-bond acceptors (Lipinski definition) is 9. The molecule has 0 aromatic heterocycles. The predicted molar refractivity (Wildman–Crippen MR) is 249 cm³/mol. The Labute approximate surface area is 375 Å². The first-order valence-corrected chi connectivity index (χ1v) is 22.4. The van der Waals surface area contributed by atoms with E-state index in [1.165, 1.54) is 44.9 Å². The molecule has 0 radical (unpaired) electrons. The van der Waals surface area contributed by atoms with Crippen molar-refractivity contribution in [3.05, 3.63) is 0 Å². The molecule has 1 saturated heterocycles. The molecule has 61 heavy (non-hydrogen) atoms. The highest BCUT2D eigenvalue weighted by Crippen LogP contribution is 2.61. The largest absolute Gasteiger partial charge is 0.459 e. The van der Waals surface area contributed by atoms with E-state index in [9.17, 15) is 29.4 Å². The van der Waals surface area contributed by atoms with E-state index in [0.29, 0.717) is 31.1 Å². The highest BCUT2D eigenvalue weighted by Gasteiger charge is 2.64. The van der Waals surface area contributed by atoms with E-state index in [0.717, 1.165) is 67.6 Å². The molecule has 10 atom stereocenters. The number of ether oxygens (including phenoxy) is 3. The van der Waals surface area contributed by atoms with Crippen LogP contribution in [0.4, 0.5) is 0 Å². The number of fused-ring (bicyclic) bond motifs is 2. The summed E-state index contributed by atoms with van der Waals surface area (Å²) in [6.45, 7) is 18.4. The smallest absolute Gasteiger partial charge is 0.317 e. The lowest BCUT2D eigenvalue weighted by atomic mass is 9.50. The summed E-state index contributed by atoms with van der Waals surface area (Å²) in [6, 6.07) is 0. The number of aliphatic hydroxyl groups is 2. The van der Waals surface area contributed by atoms with Gasteiger partial charge in [-0.3, -0.25) is 19.2 Å². The van der Waals surface area contributed by atoms with E-state index < -0.39 is 28.7 Å². The summed E-state index contributed by atoms with van der Waals surface area (Å²) in [5, 5.41) is 21.2. The molecule has 9 heteroatoms. The fourth-order valence-electron chi connectivity index (χ4n) is 13.2. The van der Waals surface area contributed by atoms with E-state index in [-0.39, 0.29) is 91.7 Å². The molecule has 10 bridgehead atoms. The lowest BCUT2D eigenvalue weighted by Gasteiger charge is -2.62. The highest BCUT2D eigenvalue weighted by molar-refractivity contribution is 5.95. The molecule has 11 rings (SSSR count). The Bertz CT molecular complexity index is 1360. The van der Waals surface area contributed by atoms with Gasteiger partial charge in [0, 0.05) is 19.3 Å². The van der Waals surface area contributed by atoms with Gasteiger partial charge in [0.1, 0.15) is 11.2 Å². The van der Waals surface area contributed by atoms with Crippen molar-refractivity contribution in [2.45, 2.75) is 232 Å². The van der Waals surface area contributed by atoms with E-state index in [1.54, 1.807) is 20.3 Å². The van der Waals surface area contributed by atoms with Crippen molar-refractivity contribution >= 4 is 23.9 Å². The topological polar surface area (TPSA) is 136 Å². The maximum absolute atomic E-state index is 12.1. The maximum Gasteiger partial charge on any atom is 0.317 e. The number of cyclic esters (lactones) is 2. The van der Waals surface area contributed by atoms with E-state index in [4.69, 9.17) is 9.47 Å². The van der Waals surface area contributed by atoms with Crippen LogP contribution in [0.15, 0.2) is 0 Å². The number of carbonyl (C=O) groups excluding carboxylic acids is 4. The Morgan fingerprint density at radius 1 is 0.623 bits per heavy atom. The minimum absolute atomic E-state index is 0. The third-order valence-electron chi connectivity index (χ3n) is 16.9. The summed E-state index contributed by atoms with van der Waals surface area (Å²) < 4.78 is 16.1. The zero-order valence-electron chi connectivity index (χ0n) is 35.6. The van der Waals surface area contributed by atoms with Gasteiger partial charge in [0.05, 0.1) is 34.9 Å². The number of carbonyl (C=O) groups is 4. The van der Waals surface area contributed by atoms with Crippen molar-refractivity contribution in [1.82, 2.24) is 0 Å². The minimum Gasteiger partial charge on any atom is -0.459 e. The summed E-state index contributed by atoms with van der Waals surface area (Å²) in [7, 11) is 0. The second-order valence-corrected chi connectivity index (χ2v) is 21.0. The fourth-order valence-corrected chi connectivity index (χ4v) is 13.2. The van der Waals surface area contributed by atoms with Crippen molar-refractivity contribution in [2.75, 3.05) is 0 Å². The summed E-state index contributed by atoms with van der Waals surface area (Å²) in [5.74, 6) is 6.25. The average molecular weight is 867 g/mol. The van der Waals surface area contributed by atoms with Gasteiger partial charge in [-0.15, -0.1) is 0 Å². The van der Waals surface area contributed by atoms with Gasteiger partial charge < -0.3 is 24.4 Å². The normalized spacial score (nSPS) is 42.7. The average Bonchev–Trinajstić information content (AvgIpc) is 3.76. The number of hydrogen-bond donors (Lipinski definition) is 2. The van der Waals surface area contributed by atoms with Gasteiger partial charge >= 0.3 is 23.9 Å². The predicted octanol–water partition coefficient (Wildman–Crippen LogP) is 12.4.